The molecule has 1 spiro atoms. The summed E-state index contributed by atoms with van der Waals surface area (Å²) in [6, 6.07) is 73.0. The van der Waals surface area contributed by atoms with E-state index in [4.69, 9.17) is 9.97 Å². The predicted molar refractivity (Wildman–Crippen MR) is 230 cm³/mol. The van der Waals surface area contributed by atoms with Gasteiger partial charge in [0, 0.05) is 22.3 Å². The lowest BCUT2D eigenvalue weighted by molar-refractivity contribution is 0.793. The molecule has 1 heterocycles. The molecule has 11 rings (SSSR count). The number of benzene rings is 8. The molecular formula is C54H33N3. The van der Waals surface area contributed by atoms with Gasteiger partial charge in [0.2, 0.25) is 0 Å². The monoisotopic (exact) mass is 723 g/mol. The molecule has 0 amide bonds. The fraction of sp³-hybridized carbons (Fsp3) is 0.0185. The van der Waals surface area contributed by atoms with Gasteiger partial charge in [0.15, 0.2) is 5.82 Å². The molecule has 9 aromatic rings. The van der Waals surface area contributed by atoms with E-state index in [1.165, 1.54) is 33.4 Å². The summed E-state index contributed by atoms with van der Waals surface area (Å²) in [6.07, 6.45) is 0. The molecule has 0 bridgehead atoms. The molecule has 57 heavy (non-hydrogen) atoms. The van der Waals surface area contributed by atoms with Gasteiger partial charge in [0.05, 0.1) is 28.4 Å². The van der Waals surface area contributed by atoms with E-state index in [0.29, 0.717) is 11.4 Å². The molecule has 8 aromatic carbocycles. The van der Waals surface area contributed by atoms with Crippen LogP contribution in [0.4, 0.5) is 0 Å². The number of nitrogens with zero attached hydrogens (tertiary/aromatic N) is 3. The third-order valence-corrected chi connectivity index (χ3v) is 11.8. The summed E-state index contributed by atoms with van der Waals surface area (Å²) in [5.41, 5.74) is 18.9. The van der Waals surface area contributed by atoms with Gasteiger partial charge in [0.25, 0.3) is 0 Å². The van der Waals surface area contributed by atoms with Gasteiger partial charge < -0.3 is 0 Å². The molecule has 0 fully saturated rings. The largest absolute Gasteiger partial charge is 0.228 e. The molecule has 264 valence electrons. The number of aromatic nitrogens is 2. The summed E-state index contributed by atoms with van der Waals surface area (Å²) < 4.78 is 0. The quantitative estimate of drug-likeness (QED) is 0.178. The minimum absolute atomic E-state index is 0.526. The van der Waals surface area contributed by atoms with Crippen molar-refractivity contribution in [1.29, 1.82) is 5.26 Å². The van der Waals surface area contributed by atoms with Gasteiger partial charge in [0.1, 0.15) is 0 Å². The van der Waals surface area contributed by atoms with E-state index in [1.54, 1.807) is 0 Å². The number of nitriles is 1. The van der Waals surface area contributed by atoms with Gasteiger partial charge in [-0.3, -0.25) is 0 Å². The molecule has 0 unspecified atom stereocenters. The Morgan fingerprint density at radius 1 is 0.351 bits per heavy atom. The van der Waals surface area contributed by atoms with Gasteiger partial charge in [-0.15, -0.1) is 0 Å². The van der Waals surface area contributed by atoms with Crippen molar-refractivity contribution < 1.29 is 0 Å². The molecule has 2 aliphatic rings. The van der Waals surface area contributed by atoms with Crippen molar-refractivity contribution in [2.45, 2.75) is 5.41 Å². The van der Waals surface area contributed by atoms with E-state index >= 15 is 0 Å². The highest BCUT2D eigenvalue weighted by molar-refractivity contribution is 6.01. The summed E-state index contributed by atoms with van der Waals surface area (Å²) in [5.74, 6) is 0.665. The van der Waals surface area contributed by atoms with Crippen LogP contribution in [0.5, 0.6) is 0 Å². The van der Waals surface area contributed by atoms with Crippen molar-refractivity contribution in [3.05, 3.63) is 228 Å². The second-order valence-electron chi connectivity index (χ2n) is 14.8. The highest BCUT2D eigenvalue weighted by Gasteiger charge is 2.52. The van der Waals surface area contributed by atoms with Crippen LogP contribution in [-0.4, -0.2) is 9.97 Å². The van der Waals surface area contributed by atoms with E-state index in [0.717, 1.165) is 61.5 Å². The first kappa shape index (κ1) is 32.7. The fourth-order valence-electron chi connectivity index (χ4n) is 9.31. The van der Waals surface area contributed by atoms with Gasteiger partial charge in [-0.25, -0.2) is 9.97 Å². The zero-order valence-electron chi connectivity index (χ0n) is 30.9. The van der Waals surface area contributed by atoms with Gasteiger partial charge in [-0.05, 0) is 73.3 Å². The van der Waals surface area contributed by atoms with Crippen LogP contribution in [0.2, 0.25) is 0 Å². The SMILES string of the molecule is N#Cc1cccc2c1-c1c(-c3ccc(-c4nc(-c5ccccc5)cc(-c5ccc(-c6ccccc6)cc5)n4)cc3)cccc1C21c2ccccc2-c2ccccc21. The van der Waals surface area contributed by atoms with Crippen molar-refractivity contribution in [3.63, 3.8) is 0 Å². The molecule has 0 atom stereocenters. The topological polar surface area (TPSA) is 49.6 Å². The first-order chi connectivity index (χ1) is 28.2. The normalized spacial score (nSPS) is 12.7. The molecule has 0 aliphatic heterocycles. The van der Waals surface area contributed by atoms with Crippen molar-refractivity contribution in [1.82, 2.24) is 9.97 Å². The Morgan fingerprint density at radius 3 is 1.42 bits per heavy atom. The van der Waals surface area contributed by atoms with E-state index in [1.807, 2.05) is 36.4 Å². The minimum atomic E-state index is -0.526. The van der Waals surface area contributed by atoms with Crippen LogP contribution in [0.25, 0.3) is 78.4 Å². The minimum Gasteiger partial charge on any atom is -0.228 e. The smallest absolute Gasteiger partial charge is 0.160 e. The maximum atomic E-state index is 10.6. The van der Waals surface area contributed by atoms with Crippen LogP contribution in [-0.2, 0) is 5.41 Å². The molecular weight excluding hydrogens is 691 g/mol. The van der Waals surface area contributed by atoms with E-state index in [-0.39, 0.29) is 0 Å². The van der Waals surface area contributed by atoms with Crippen molar-refractivity contribution in [2.24, 2.45) is 0 Å². The maximum Gasteiger partial charge on any atom is 0.160 e. The Kier molecular flexibility index (Phi) is 7.45. The third-order valence-electron chi connectivity index (χ3n) is 11.8. The first-order valence-corrected chi connectivity index (χ1v) is 19.3. The van der Waals surface area contributed by atoms with Crippen molar-refractivity contribution >= 4 is 0 Å². The van der Waals surface area contributed by atoms with E-state index in [9.17, 15) is 5.26 Å². The van der Waals surface area contributed by atoms with Gasteiger partial charge >= 0.3 is 0 Å². The average Bonchev–Trinajstić information content (AvgIpc) is 3.77. The number of hydrogen-bond acceptors (Lipinski definition) is 3. The van der Waals surface area contributed by atoms with E-state index in [2.05, 4.69) is 170 Å². The summed E-state index contributed by atoms with van der Waals surface area (Å²) in [6.45, 7) is 0. The standard InChI is InChI=1S/C54H33N3/c55-34-41-17-11-23-47-51(41)52-42(20-12-24-48(52)54(47)45-21-9-7-18-43(45)44-19-8-10-22-46(44)54)37-27-31-40(32-28-37)53-56-49(38-15-5-2-6-16-38)33-50(57-53)39-29-25-36(26-30-39)35-13-3-1-4-14-35/h1-33H. The Labute approximate surface area is 331 Å². The summed E-state index contributed by atoms with van der Waals surface area (Å²) in [4.78, 5) is 10.3. The molecule has 0 N–H and O–H groups in total. The maximum absolute atomic E-state index is 10.6. The Hall–Kier alpha value is -7.67. The zero-order chi connectivity index (χ0) is 37.9. The molecule has 0 saturated heterocycles. The summed E-state index contributed by atoms with van der Waals surface area (Å²) in [5, 5.41) is 10.6. The molecule has 0 radical (unpaired) electrons. The highest BCUT2D eigenvalue weighted by atomic mass is 14.9. The van der Waals surface area contributed by atoms with Gasteiger partial charge in [-0.2, -0.15) is 5.26 Å². The molecule has 1 aromatic heterocycles. The van der Waals surface area contributed by atoms with Crippen LogP contribution in [0.1, 0.15) is 27.8 Å². The molecule has 2 aliphatic carbocycles. The summed E-state index contributed by atoms with van der Waals surface area (Å²) in [7, 11) is 0. The third kappa shape index (κ3) is 4.98. The molecule has 0 saturated carbocycles. The van der Waals surface area contributed by atoms with E-state index < -0.39 is 5.41 Å². The van der Waals surface area contributed by atoms with Crippen molar-refractivity contribution in [2.75, 3.05) is 0 Å². The van der Waals surface area contributed by atoms with Crippen molar-refractivity contribution in [3.8, 4) is 84.5 Å². The average molecular weight is 724 g/mol. The van der Waals surface area contributed by atoms with Gasteiger partial charge in [-0.1, -0.05) is 188 Å². The molecule has 3 nitrogen and oxygen atoms in total. The highest BCUT2D eigenvalue weighted by Crippen LogP contribution is 2.64. The van der Waals surface area contributed by atoms with Crippen LogP contribution in [0.3, 0.4) is 0 Å². The van der Waals surface area contributed by atoms with Crippen LogP contribution in [0.15, 0.2) is 200 Å². The second kappa shape index (κ2) is 13.0. The predicted octanol–water partition coefficient (Wildman–Crippen LogP) is 13.0. The lowest BCUT2D eigenvalue weighted by atomic mass is 9.70. The number of hydrogen-bond donors (Lipinski definition) is 0. The lowest BCUT2D eigenvalue weighted by Crippen LogP contribution is -2.25. The fourth-order valence-corrected chi connectivity index (χ4v) is 9.31. The number of fused-ring (bicyclic) bond motifs is 10. The summed E-state index contributed by atoms with van der Waals surface area (Å²) >= 11 is 0. The van der Waals surface area contributed by atoms with Crippen LogP contribution in [0, 0.1) is 11.3 Å². The van der Waals surface area contributed by atoms with Crippen LogP contribution < -0.4 is 0 Å². The van der Waals surface area contributed by atoms with Crippen LogP contribution >= 0.6 is 0 Å². The Bertz CT molecular complexity index is 3000. The Morgan fingerprint density at radius 2 is 0.789 bits per heavy atom. The number of rotatable bonds is 5. The Balaban J connectivity index is 1.05. The lowest BCUT2D eigenvalue weighted by Gasteiger charge is -2.30. The zero-order valence-corrected chi connectivity index (χ0v) is 30.9. The second-order valence-corrected chi connectivity index (χ2v) is 14.8. The molecule has 3 heteroatoms. The first-order valence-electron chi connectivity index (χ1n) is 19.3.